The Morgan fingerprint density at radius 2 is 1.74 bits per heavy atom. The molecule has 3 fully saturated rings. The predicted molar refractivity (Wildman–Crippen MR) is 147 cm³/mol. The van der Waals surface area contributed by atoms with Gasteiger partial charge in [-0.25, -0.2) is 4.79 Å². The molecule has 0 aliphatic carbocycles. The summed E-state index contributed by atoms with van der Waals surface area (Å²) in [6, 6.07) is 19.4. The molecule has 4 heterocycles. The molecule has 6 rings (SSSR count). The van der Waals surface area contributed by atoms with Crippen molar-refractivity contribution in [2.45, 2.75) is 50.7 Å². The molecule has 3 N–H and O–H groups in total. The minimum atomic E-state index is -0.908. The lowest BCUT2D eigenvalue weighted by Gasteiger charge is -2.53. The summed E-state index contributed by atoms with van der Waals surface area (Å²) in [5.41, 5.74) is 4.40. The van der Waals surface area contributed by atoms with Gasteiger partial charge in [-0.1, -0.05) is 42.5 Å². The van der Waals surface area contributed by atoms with E-state index in [-0.39, 0.29) is 18.1 Å². The number of aromatic nitrogens is 1. The molecular weight excluding hydrogens is 480 g/mol. The van der Waals surface area contributed by atoms with E-state index in [0.29, 0.717) is 30.6 Å². The van der Waals surface area contributed by atoms with Crippen molar-refractivity contribution in [2.24, 2.45) is 0 Å². The average Bonchev–Trinajstić information content (AvgIpc) is 2.95. The number of hydrogen-bond donors (Lipinski definition) is 3. The normalized spacial score (nSPS) is 20.2. The second kappa shape index (κ2) is 11.3. The van der Waals surface area contributed by atoms with Crippen LogP contribution in [0.4, 0.5) is 16.2 Å². The number of nitrogens with zero attached hydrogens (tertiary/aromatic N) is 3. The Kier molecular flexibility index (Phi) is 7.72. The van der Waals surface area contributed by atoms with E-state index >= 15 is 0 Å². The molecule has 0 saturated carbocycles. The Morgan fingerprint density at radius 1 is 1.00 bits per heavy atom. The third-order valence-electron chi connectivity index (χ3n) is 7.87. The molecule has 3 saturated heterocycles. The number of aryl methyl sites for hydroxylation is 1. The van der Waals surface area contributed by atoms with Crippen LogP contribution in [0.1, 0.15) is 43.4 Å². The molecule has 1 aromatic heterocycles. The lowest BCUT2D eigenvalue weighted by Crippen LogP contribution is -2.62. The standard InChI is InChI=1S/C30H34N4O4/c35-21-25-11-10-24(20-31-25)32-28(36)8-4-5-22-9-12-26(23-6-2-1-3-7-23)27(19-22)34(29(37)38)30-13-16-33(17-14-30)18-15-30/h1-3,6-7,9-12,19-20,35H,4-5,8,13-18,21H2,(H,32,36)(H,37,38). The fraction of sp³-hybridized carbons (Fsp3) is 0.367. The first-order chi connectivity index (χ1) is 18.5. The number of aliphatic hydroxyl groups excluding tert-OH is 1. The minimum Gasteiger partial charge on any atom is -0.465 e. The first-order valence-electron chi connectivity index (χ1n) is 13.3. The number of rotatable bonds is 9. The van der Waals surface area contributed by atoms with Gasteiger partial charge in [0.25, 0.3) is 0 Å². The number of anilines is 2. The molecular formula is C30H34N4O4. The Labute approximate surface area is 222 Å². The molecule has 3 aromatic rings. The number of benzene rings is 2. The van der Waals surface area contributed by atoms with Crippen LogP contribution in [0.3, 0.4) is 0 Å². The number of fused-ring (bicyclic) bond motifs is 3. The minimum absolute atomic E-state index is 0.107. The zero-order valence-corrected chi connectivity index (χ0v) is 21.5. The van der Waals surface area contributed by atoms with Gasteiger partial charge in [0.2, 0.25) is 5.91 Å². The number of amides is 2. The number of nitrogens with one attached hydrogen (secondary N) is 1. The fourth-order valence-corrected chi connectivity index (χ4v) is 5.75. The molecule has 3 aliphatic rings. The van der Waals surface area contributed by atoms with Crippen molar-refractivity contribution in [3.05, 3.63) is 78.1 Å². The van der Waals surface area contributed by atoms with Crippen molar-refractivity contribution < 1.29 is 19.8 Å². The van der Waals surface area contributed by atoms with E-state index in [1.165, 1.54) is 6.20 Å². The maximum absolute atomic E-state index is 12.8. The van der Waals surface area contributed by atoms with Crippen molar-refractivity contribution in [3.63, 3.8) is 0 Å². The lowest BCUT2D eigenvalue weighted by atomic mass is 9.78. The van der Waals surface area contributed by atoms with Gasteiger partial charge >= 0.3 is 6.09 Å². The van der Waals surface area contributed by atoms with Gasteiger partial charge in [0.1, 0.15) is 0 Å². The maximum atomic E-state index is 12.8. The van der Waals surface area contributed by atoms with Gasteiger partial charge < -0.3 is 20.4 Å². The Bertz CT molecular complexity index is 1260. The van der Waals surface area contributed by atoms with Crippen LogP contribution in [-0.4, -0.2) is 57.3 Å². The van der Waals surface area contributed by atoms with Gasteiger partial charge in [-0.3, -0.25) is 14.7 Å². The molecule has 8 nitrogen and oxygen atoms in total. The highest BCUT2D eigenvalue weighted by molar-refractivity contribution is 5.95. The largest absolute Gasteiger partial charge is 0.465 e. The summed E-state index contributed by atoms with van der Waals surface area (Å²) >= 11 is 0. The van der Waals surface area contributed by atoms with E-state index in [1.54, 1.807) is 17.0 Å². The third-order valence-corrected chi connectivity index (χ3v) is 7.87. The van der Waals surface area contributed by atoms with E-state index in [9.17, 15) is 14.7 Å². The molecule has 2 aromatic carbocycles. The van der Waals surface area contributed by atoms with Crippen molar-refractivity contribution in [1.82, 2.24) is 9.88 Å². The summed E-state index contributed by atoms with van der Waals surface area (Å²) in [7, 11) is 0. The van der Waals surface area contributed by atoms with Gasteiger partial charge in [0.15, 0.2) is 0 Å². The monoisotopic (exact) mass is 514 g/mol. The molecule has 2 bridgehead atoms. The summed E-state index contributed by atoms with van der Waals surface area (Å²) in [5.74, 6) is -0.107. The van der Waals surface area contributed by atoms with Crippen LogP contribution >= 0.6 is 0 Å². The smallest absolute Gasteiger partial charge is 0.412 e. The summed E-state index contributed by atoms with van der Waals surface area (Å²) in [5, 5.41) is 22.5. The van der Waals surface area contributed by atoms with E-state index in [0.717, 1.165) is 61.3 Å². The molecule has 3 aliphatic heterocycles. The van der Waals surface area contributed by atoms with E-state index in [4.69, 9.17) is 5.11 Å². The summed E-state index contributed by atoms with van der Waals surface area (Å²) in [4.78, 5) is 33.5. The second-order valence-corrected chi connectivity index (χ2v) is 10.2. The number of carboxylic acid groups (broad SMARTS) is 1. The van der Waals surface area contributed by atoms with Crippen molar-refractivity contribution in [1.29, 1.82) is 0 Å². The lowest BCUT2D eigenvalue weighted by molar-refractivity contribution is -0.116. The molecule has 0 atom stereocenters. The van der Waals surface area contributed by atoms with E-state index < -0.39 is 6.09 Å². The van der Waals surface area contributed by atoms with Crippen LogP contribution in [0.25, 0.3) is 11.1 Å². The van der Waals surface area contributed by atoms with Crippen molar-refractivity contribution in [2.75, 3.05) is 29.9 Å². The van der Waals surface area contributed by atoms with E-state index in [2.05, 4.69) is 15.2 Å². The average molecular weight is 515 g/mol. The van der Waals surface area contributed by atoms with Crippen molar-refractivity contribution in [3.8, 4) is 11.1 Å². The van der Waals surface area contributed by atoms with Gasteiger partial charge in [0.05, 0.1) is 35.4 Å². The number of carbonyl (C=O) groups is 2. The predicted octanol–water partition coefficient (Wildman–Crippen LogP) is 4.93. The highest BCUT2D eigenvalue weighted by Gasteiger charge is 2.47. The molecule has 0 unspecified atom stereocenters. The second-order valence-electron chi connectivity index (χ2n) is 10.2. The Hall–Kier alpha value is -3.75. The molecule has 0 radical (unpaired) electrons. The number of piperidine rings is 3. The Balaban J connectivity index is 1.35. The van der Waals surface area contributed by atoms with Crippen LogP contribution < -0.4 is 10.2 Å². The zero-order chi connectivity index (χ0) is 26.5. The number of aliphatic hydroxyl groups is 1. The number of hydrogen-bond acceptors (Lipinski definition) is 5. The van der Waals surface area contributed by atoms with Gasteiger partial charge in [-0.15, -0.1) is 0 Å². The van der Waals surface area contributed by atoms with Gasteiger partial charge in [-0.2, -0.15) is 0 Å². The number of pyridine rings is 1. The SMILES string of the molecule is O=C(CCCc1ccc(-c2ccccc2)c(N(C(=O)O)C23CCN(CC2)CC3)c1)Nc1ccc(CO)nc1. The van der Waals surface area contributed by atoms with Crippen LogP contribution in [0.5, 0.6) is 0 Å². The first kappa shape index (κ1) is 25.9. The van der Waals surface area contributed by atoms with Crippen molar-refractivity contribution >= 4 is 23.4 Å². The van der Waals surface area contributed by atoms with E-state index in [1.807, 2.05) is 48.5 Å². The maximum Gasteiger partial charge on any atom is 0.412 e. The van der Waals surface area contributed by atoms with Gasteiger partial charge in [0, 0.05) is 31.6 Å². The van der Waals surface area contributed by atoms with Crippen LogP contribution in [0.2, 0.25) is 0 Å². The van der Waals surface area contributed by atoms with Crippen LogP contribution in [-0.2, 0) is 17.8 Å². The molecule has 38 heavy (non-hydrogen) atoms. The fourth-order valence-electron chi connectivity index (χ4n) is 5.75. The molecule has 0 spiro atoms. The Morgan fingerprint density at radius 3 is 2.37 bits per heavy atom. The zero-order valence-electron chi connectivity index (χ0n) is 21.5. The van der Waals surface area contributed by atoms with Crippen LogP contribution in [0, 0.1) is 0 Å². The van der Waals surface area contributed by atoms with Gasteiger partial charge in [-0.05, 0) is 61.4 Å². The molecule has 8 heteroatoms. The highest BCUT2D eigenvalue weighted by atomic mass is 16.4. The molecule has 198 valence electrons. The quantitative estimate of drug-likeness (QED) is 0.374. The third kappa shape index (κ3) is 5.56. The first-order valence-corrected chi connectivity index (χ1v) is 13.3. The number of carbonyl (C=O) groups excluding carboxylic acids is 1. The molecule has 2 amide bonds. The summed E-state index contributed by atoms with van der Waals surface area (Å²) in [6.45, 7) is 2.64. The summed E-state index contributed by atoms with van der Waals surface area (Å²) in [6.07, 6.45) is 4.77. The van der Waals surface area contributed by atoms with Crippen LogP contribution in [0.15, 0.2) is 66.9 Å². The summed E-state index contributed by atoms with van der Waals surface area (Å²) < 4.78 is 0. The highest BCUT2D eigenvalue weighted by Crippen LogP contribution is 2.43. The topological polar surface area (TPSA) is 106 Å².